The number of nitrogens with zero attached hydrogens (tertiary/aromatic N) is 3. The van der Waals surface area contributed by atoms with Gasteiger partial charge in [0.05, 0.1) is 21.3 Å². The molecule has 0 unspecified atom stereocenters. The Labute approximate surface area is 188 Å². The Kier molecular flexibility index (Phi) is 5.28. The lowest BCUT2D eigenvalue weighted by Crippen LogP contribution is -2.28. The van der Waals surface area contributed by atoms with Gasteiger partial charge in [-0.15, -0.1) is 0 Å². The number of benzene rings is 3. The van der Waals surface area contributed by atoms with Crippen LogP contribution in [0.3, 0.4) is 0 Å². The predicted molar refractivity (Wildman–Crippen MR) is 130 cm³/mol. The van der Waals surface area contributed by atoms with Crippen molar-refractivity contribution in [2.45, 2.75) is 0 Å². The number of carbonyl (C=O) groups excluding carboxylic acids is 1. The Morgan fingerprint density at radius 1 is 0.935 bits per heavy atom. The van der Waals surface area contributed by atoms with Crippen molar-refractivity contribution < 1.29 is 4.79 Å². The lowest BCUT2D eigenvalue weighted by atomic mass is 10.0. The van der Waals surface area contributed by atoms with Crippen LogP contribution in [0.5, 0.6) is 0 Å². The van der Waals surface area contributed by atoms with E-state index >= 15 is 0 Å². The van der Waals surface area contributed by atoms with E-state index in [1.54, 1.807) is 23.4 Å². The van der Waals surface area contributed by atoms with Crippen LogP contribution in [0.2, 0.25) is 5.02 Å². The molecule has 1 aliphatic rings. The van der Waals surface area contributed by atoms with Gasteiger partial charge in [-0.25, -0.2) is 4.99 Å². The number of para-hydroxylation sites is 1. The number of fused-ring (bicyclic) bond motifs is 1. The van der Waals surface area contributed by atoms with Gasteiger partial charge in [-0.3, -0.25) is 14.7 Å². The SMILES string of the molecule is O=C1/C(=C/c2cccc3ccccc23)SC(=Nc2ccncc2Cl)N1c1ccccc1. The number of aliphatic imine (C=N–C) groups is 1. The maximum absolute atomic E-state index is 13.4. The highest BCUT2D eigenvalue weighted by Crippen LogP contribution is 2.38. The van der Waals surface area contributed by atoms with Crippen LogP contribution in [0.1, 0.15) is 5.56 Å². The van der Waals surface area contributed by atoms with Gasteiger partial charge in [-0.05, 0) is 52.4 Å². The van der Waals surface area contributed by atoms with Crippen molar-refractivity contribution in [1.82, 2.24) is 4.98 Å². The normalized spacial score (nSPS) is 16.5. The molecule has 150 valence electrons. The molecule has 31 heavy (non-hydrogen) atoms. The largest absolute Gasteiger partial charge is 0.271 e. The molecule has 0 atom stereocenters. The summed E-state index contributed by atoms with van der Waals surface area (Å²) in [4.78, 5) is 24.4. The van der Waals surface area contributed by atoms with Crippen molar-refractivity contribution in [2.24, 2.45) is 4.99 Å². The first kappa shape index (κ1) is 19.5. The van der Waals surface area contributed by atoms with Gasteiger partial charge in [0.25, 0.3) is 5.91 Å². The van der Waals surface area contributed by atoms with Crippen molar-refractivity contribution in [1.29, 1.82) is 0 Å². The minimum atomic E-state index is -0.118. The summed E-state index contributed by atoms with van der Waals surface area (Å²) in [6.07, 6.45) is 5.11. The number of amidine groups is 1. The van der Waals surface area contributed by atoms with Crippen LogP contribution in [0, 0.1) is 0 Å². The summed E-state index contributed by atoms with van der Waals surface area (Å²) in [6.45, 7) is 0. The Morgan fingerprint density at radius 2 is 1.71 bits per heavy atom. The van der Waals surface area contributed by atoms with Crippen LogP contribution in [0.15, 0.2) is 101 Å². The maximum Gasteiger partial charge on any atom is 0.271 e. The standard InChI is InChI=1S/C25H16ClN3OS/c26-21-16-27-14-13-22(21)28-25-29(19-10-2-1-3-11-19)24(30)23(31-25)15-18-9-6-8-17-7-4-5-12-20(17)18/h1-16H/b23-15-,28-25?. The summed E-state index contributed by atoms with van der Waals surface area (Å²) in [5.74, 6) is -0.118. The van der Waals surface area contributed by atoms with Crippen LogP contribution in [0.25, 0.3) is 16.8 Å². The number of carbonyl (C=O) groups is 1. The highest BCUT2D eigenvalue weighted by molar-refractivity contribution is 8.19. The molecule has 1 saturated heterocycles. The molecule has 0 N–H and O–H groups in total. The van der Waals surface area contributed by atoms with E-state index in [1.165, 1.54) is 11.8 Å². The van der Waals surface area contributed by atoms with E-state index in [0.717, 1.165) is 22.0 Å². The highest BCUT2D eigenvalue weighted by Gasteiger charge is 2.34. The summed E-state index contributed by atoms with van der Waals surface area (Å²) >= 11 is 7.60. The second-order valence-electron chi connectivity index (χ2n) is 6.88. The van der Waals surface area contributed by atoms with E-state index in [0.29, 0.717) is 20.8 Å². The van der Waals surface area contributed by atoms with Crippen LogP contribution < -0.4 is 4.90 Å². The van der Waals surface area contributed by atoms with E-state index in [-0.39, 0.29) is 5.91 Å². The quantitative estimate of drug-likeness (QED) is 0.332. The predicted octanol–water partition coefficient (Wildman–Crippen LogP) is 6.70. The number of halogens is 1. The fourth-order valence-electron chi connectivity index (χ4n) is 3.43. The van der Waals surface area contributed by atoms with Crippen molar-refractivity contribution in [3.05, 3.63) is 107 Å². The molecule has 1 fully saturated rings. The summed E-state index contributed by atoms with van der Waals surface area (Å²) in [5.41, 5.74) is 2.31. The fraction of sp³-hybridized carbons (Fsp3) is 0. The molecular weight excluding hydrogens is 426 g/mol. The third-order valence-corrected chi connectivity index (χ3v) is 6.16. The summed E-state index contributed by atoms with van der Waals surface area (Å²) in [6, 6.07) is 25.5. The van der Waals surface area contributed by atoms with E-state index in [9.17, 15) is 4.79 Å². The van der Waals surface area contributed by atoms with Gasteiger partial charge in [-0.1, -0.05) is 72.3 Å². The average molecular weight is 442 g/mol. The molecule has 4 aromatic rings. The Balaban J connectivity index is 1.63. The zero-order valence-corrected chi connectivity index (χ0v) is 17.8. The molecule has 6 heteroatoms. The molecule has 4 nitrogen and oxygen atoms in total. The van der Waals surface area contributed by atoms with Gasteiger partial charge in [0.15, 0.2) is 5.17 Å². The topological polar surface area (TPSA) is 45.6 Å². The number of hydrogen-bond acceptors (Lipinski definition) is 4. The fourth-order valence-corrected chi connectivity index (χ4v) is 4.58. The first-order valence-corrected chi connectivity index (χ1v) is 10.9. The summed E-state index contributed by atoms with van der Waals surface area (Å²) in [7, 11) is 0. The lowest BCUT2D eigenvalue weighted by molar-refractivity contribution is -0.113. The minimum Gasteiger partial charge on any atom is -0.268 e. The van der Waals surface area contributed by atoms with Crippen LogP contribution >= 0.6 is 23.4 Å². The van der Waals surface area contributed by atoms with Gasteiger partial charge < -0.3 is 0 Å². The lowest BCUT2D eigenvalue weighted by Gasteiger charge is -2.15. The molecule has 0 spiro atoms. The van der Waals surface area contributed by atoms with Gasteiger partial charge in [0.2, 0.25) is 0 Å². The van der Waals surface area contributed by atoms with Crippen molar-refractivity contribution >= 4 is 62.7 Å². The van der Waals surface area contributed by atoms with Gasteiger partial charge in [-0.2, -0.15) is 0 Å². The molecule has 0 saturated carbocycles. The van der Waals surface area contributed by atoms with Crippen molar-refractivity contribution in [3.8, 4) is 0 Å². The second kappa shape index (κ2) is 8.38. The van der Waals surface area contributed by atoms with Crippen LogP contribution in [-0.4, -0.2) is 16.1 Å². The molecule has 1 aromatic heterocycles. The molecule has 0 aliphatic carbocycles. The Bertz CT molecular complexity index is 1350. The Hall–Kier alpha value is -3.41. The summed E-state index contributed by atoms with van der Waals surface area (Å²) in [5, 5.41) is 3.21. The molecule has 0 radical (unpaired) electrons. The van der Waals surface area contributed by atoms with Gasteiger partial charge in [0.1, 0.15) is 0 Å². The van der Waals surface area contributed by atoms with E-state index in [2.05, 4.69) is 23.2 Å². The average Bonchev–Trinajstić information content (AvgIpc) is 3.11. The second-order valence-corrected chi connectivity index (χ2v) is 8.29. The molecule has 1 amide bonds. The van der Waals surface area contributed by atoms with E-state index in [4.69, 9.17) is 16.6 Å². The number of pyridine rings is 1. The number of amides is 1. The zero-order valence-electron chi connectivity index (χ0n) is 16.3. The molecule has 5 rings (SSSR count). The first-order valence-electron chi connectivity index (χ1n) is 9.66. The van der Waals surface area contributed by atoms with E-state index < -0.39 is 0 Å². The van der Waals surface area contributed by atoms with Crippen LogP contribution in [0.4, 0.5) is 11.4 Å². The molecule has 1 aliphatic heterocycles. The molecule has 3 aromatic carbocycles. The number of rotatable bonds is 3. The Morgan fingerprint density at radius 3 is 2.55 bits per heavy atom. The molecule has 0 bridgehead atoms. The smallest absolute Gasteiger partial charge is 0.268 e. The number of hydrogen-bond donors (Lipinski definition) is 0. The highest BCUT2D eigenvalue weighted by atomic mass is 35.5. The number of anilines is 1. The summed E-state index contributed by atoms with van der Waals surface area (Å²) < 4.78 is 0. The number of aromatic nitrogens is 1. The number of thioether (sulfide) groups is 1. The third-order valence-electron chi connectivity index (χ3n) is 4.90. The molecular formula is C25H16ClN3OS. The monoisotopic (exact) mass is 441 g/mol. The third kappa shape index (κ3) is 3.85. The van der Waals surface area contributed by atoms with Gasteiger partial charge >= 0.3 is 0 Å². The van der Waals surface area contributed by atoms with Crippen molar-refractivity contribution in [2.75, 3.05) is 4.90 Å². The van der Waals surface area contributed by atoms with Gasteiger partial charge in [0, 0.05) is 12.4 Å². The molecule has 2 heterocycles. The zero-order chi connectivity index (χ0) is 21.2. The first-order chi connectivity index (χ1) is 15.2. The van der Waals surface area contributed by atoms with Crippen LogP contribution in [-0.2, 0) is 4.79 Å². The minimum absolute atomic E-state index is 0.118. The van der Waals surface area contributed by atoms with Crippen molar-refractivity contribution in [3.63, 3.8) is 0 Å². The maximum atomic E-state index is 13.4. The van der Waals surface area contributed by atoms with E-state index in [1.807, 2.05) is 60.7 Å².